The van der Waals surface area contributed by atoms with Crippen LogP contribution < -0.4 is 5.32 Å². The lowest BCUT2D eigenvalue weighted by molar-refractivity contribution is 0.245. The van der Waals surface area contributed by atoms with Crippen molar-refractivity contribution in [1.82, 2.24) is 14.9 Å². The normalized spacial score (nSPS) is 25.8. The van der Waals surface area contributed by atoms with E-state index in [1.807, 2.05) is 5.38 Å². The van der Waals surface area contributed by atoms with Crippen molar-refractivity contribution >= 4 is 11.5 Å². The van der Waals surface area contributed by atoms with Crippen LogP contribution >= 0.6 is 11.5 Å². The summed E-state index contributed by atoms with van der Waals surface area (Å²) < 4.78 is 3.89. The van der Waals surface area contributed by atoms with Gasteiger partial charge in [-0.2, -0.15) is 0 Å². The van der Waals surface area contributed by atoms with Gasteiger partial charge in [-0.1, -0.05) is 30.7 Å². The van der Waals surface area contributed by atoms with Crippen LogP contribution in [0.2, 0.25) is 0 Å². The topological polar surface area (TPSA) is 37.8 Å². The molecule has 0 radical (unpaired) electrons. The van der Waals surface area contributed by atoms with Crippen molar-refractivity contribution in [2.24, 2.45) is 5.92 Å². The zero-order valence-corrected chi connectivity index (χ0v) is 10.8. The Morgan fingerprint density at radius 2 is 2.31 bits per heavy atom. The number of rotatable bonds is 5. The zero-order valence-electron chi connectivity index (χ0n) is 9.98. The highest BCUT2D eigenvalue weighted by Crippen LogP contribution is 2.28. The summed E-state index contributed by atoms with van der Waals surface area (Å²) in [6, 6.07) is 0.704. The molecule has 0 aromatic carbocycles. The van der Waals surface area contributed by atoms with Gasteiger partial charge in [-0.25, -0.2) is 0 Å². The largest absolute Gasteiger partial charge is 0.308 e. The first kappa shape index (κ1) is 12.0. The van der Waals surface area contributed by atoms with Crippen molar-refractivity contribution in [3.05, 3.63) is 11.1 Å². The van der Waals surface area contributed by atoms with Crippen molar-refractivity contribution in [3.8, 4) is 0 Å². The average Bonchev–Trinajstić information content (AvgIpc) is 2.81. The number of nitrogens with one attached hydrogen (secondary N) is 1. The highest BCUT2D eigenvalue weighted by Gasteiger charge is 2.23. The second-order valence-electron chi connectivity index (χ2n) is 4.72. The van der Waals surface area contributed by atoms with Gasteiger partial charge < -0.3 is 5.32 Å². The van der Waals surface area contributed by atoms with Crippen LogP contribution in [0.3, 0.4) is 0 Å². The fourth-order valence-electron chi connectivity index (χ4n) is 2.69. The monoisotopic (exact) mass is 239 g/mol. The van der Waals surface area contributed by atoms with Crippen LogP contribution in [0.15, 0.2) is 5.38 Å². The van der Waals surface area contributed by atoms with E-state index in [0.717, 1.165) is 18.2 Å². The molecule has 2 rings (SSSR count). The molecule has 90 valence electrons. The Hall–Kier alpha value is -0.480. The SMILES string of the molecule is CCCC1CCCCC1NCc1csnn1. The maximum atomic E-state index is 4.08. The third-order valence-electron chi connectivity index (χ3n) is 3.52. The third-order valence-corrected chi connectivity index (χ3v) is 4.07. The van der Waals surface area contributed by atoms with E-state index in [-0.39, 0.29) is 0 Å². The molecular weight excluding hydrogens is 218 g/mol. The number of nitrogens with zero attached hydrogens (tertiary/aromatic N) is 2. The number of hydrogen-bond donors (Lipinski definition) is 1. The van der Waals surface area contributed by atoms with Gasteiger partial charge in [-0.05, 0) is 36.7 Å². The van der Waals surface area contributed by atoms with E-state index in [0.29, 0.717) is 6.04 Å². The molecule has 1 aliphatic rings. The Labute approximate surface area is 102 Å². The Balaban J connectivity index is 1.81. The Kier molecular flexibility index (Phi) is 4.72. The lowest BCUT2D eigenvalue weighted by Gasteiger charge is -2.32. The first-order valence-corrected chi connectivity index (χ1v) is 7.23. The number of aromatic nitrogens is 2. The molecule has 1 aliphatic carbocycles. The molecule has 1 N–H and O–H groups in total. The van der Waals surface area contributed by atoms with Crippen LogP contribution in [-0.2, 0) is 6.54 Å². The molecule has 0 amide bonds. The smallest absolute Gasteiger partial charge is 0.0893 e. The van der Waals surface area contributed by atoms with E-state index < -0.39 is 0 Å². The lowest BCUT2D eigenvalue weighted by Crippen LogP contribution is -2.38. The van der Waals surface area contributed by atoms with Crippen molar-refractivity contribution < 1.29 is 0 Å². The second-order valence-corrected chi connectivity index (χ2v) is 5.33. The number of hydrogen-bond acceptors (Lipinski definition) is 4. The molecule has 2 unspecified atom stereocenters. The van der Waals surface area contributed by atoms with E-state index in [4.69, 9.17) is 0 Å². The third kappa shape index (κ3) is 3.25. The van der Waals surface area contributed by atoms with Gasteiger partial charge in [-0.15, -0.1) is 5.10 Å². The average molecular weight is 239 g/mol. The van der Waals surface area contributed by atoms with Crippen LogP contribution in [0.25, 0.3) is 0 Å². The van der Waals surface area contributed by atoms with Gasteiger partial charge in [0.15, 0.2) is 0 Å². The summed E-state index contributed by atoms with van der Waals surface area (Å²) in [6.45, 7) is 3.18. The molecule has 1 fully saturated rings. The Bertz CT molecular complexity index is 284. The van der Waals surface area contributed by atoms with Crippen LogP contribution in [-0.4, -0.2) is 15.6 Å². The predicted octanol–water partition coefficient (Wildman–Crippen LogP) is 2.99. The summed E-state index contributed by atoms with van der Waals surface area (Å²) in [6.07, 6.45) is 8.21. The fraction of sp³-hybridized carbons (Fsp3) is 0.833. The molecule has 0 spiro atoms. The van der Waals surface area contributed by atoms with Gasteiger partial charge in [0.1, 0.15) is 0 Å². The minimum Gasteiger partial charge on any atom is -0.308 e. The minimum atomic E-state index is 0.704. The van der Waals surface area contributed by atoms with E-state index in [9.17, 15) is 0 Å². The summed E-state index contributed by atoms with van der Waals surface area (Å²) in [4.78, 5) is 0. The Morgan fingerprint density at radius 3 is 3.06 bits per heavy atom. The molecule has 16 heavy (non-hydrogen) atoms. The molecule has 4 heteroatoms. The van der Waals surface area contributed by atoms with E-state index in [1.165, 1.54) is 50.1 Å². The van der Waals surface area contributed by atoms with Crippen LogP contribution in [0.1, 0.15) is 51.1 Å². The minimum absolute atomic E-state index is 0.704. The summed E-state index contributed by atoms with van der Waals surface area (Å²) in [5, 5.41) is 9.77. The second kappa shape index (κ2) is 6.30. The molecule has 0 aliphatic heterocycles. The summed E-state index contributed by atoms with van der Waals surface area (Å²) >= 11 is 1.44. The van der Waals surface area contributed by atoms with Gasteiger partial charge in [-0.3, -0.25) is 0 Å². The fourth-order valence-corrected chi connectivity index (χ4v) is 3.14. The Morgan fingerprint density at radius 1 is 1.44 bits per heavy atom. The lowest BCUT2D eigenvalue weighted by atomic mass is 9.82. The molecule has 1 aromatic heterocycles. The van der Waals surface area contributed by atoms with Crippen molar-refractivity contribution in [2.45, 2.75) is 58.0 Å². The first-order valence-electron chi connectivity index (χ1n) is 6.39. The molecule has 0 saturated heterocycles. The van der Waals surface area contributed by atoms with Crippen LogP contribution in [0.4, 0.5) is 0 Å². The van der Waals surface area contributed by atoms with Crippen molar-refractivity contribution in [3.63, 3.8) is 0 Å². The van der Waals surface area contributed by atoms with Gasteiger partial charge in [0.05, 0.1) is 5.69 Å². The standard InChI is InChI=1S/C12H21N3S/c1-2-5-10-6-3-4-7-12(10)13-8-11-9-16-15-14-11/h9-10,12-13H,2-8H2,1H3. The maximum Gasteiger partial charge on any atom is 0.0893 e. The van der Waals surface area contributed by atoms with Crippen molar-refractivity contribution in [2.75, 3.05) is 0 Å². The predicted molar refractivity (Wildman–Crippen MR) is 67.4 cm³/mol. The highest BCUT2D eigenvalue weighted by atomic mass is 32.1. The molecule has 1 saturated carbocycles. The van der Waals surface area contributed by atoms with Gasteiger partial charge in [0.2, 0.25) is 0 Å². The molecule has 2 atom stereocenters. The van der Waals surface area contributed by atoms with E-state index in [2.05, 4.69) is 21.8 Å². The van der Waals surface area contributed by atoms with Crippen molar-refractivity contribution in [1.29, 1.82) is 0 Å². The highest BCUT2D eigenvalue weighted by molar-refractivity contribution is 7.03. The molecular formula is C12H21N3S. The molecule has 3 nitrogen and oxygen atoms in total. The van der Waals surface area contributed by atoms with Crippen LogP contribution in [0.5, 0.6) is 0 Å². The summed E-state index contributed by atoms with van der Waals surface area (Å²) in [5.74, 6) is 0.880. The molecule has 0 bridgehead atoms. The van der Waals surface area contributed by atoms with E-state index in [1.54, 1.807) is 0 Å². The summed E-state index contributed by atoms with van der Waals surface area (Å²) in [5.41, 5.74) is 1.09. The quantitative estimate of drug-likeness (QED) is 0.858. The maximum absolute atomic E-state index is 4.08. The summed E-state index contributed by atoms with van der Waals surface area (Å²) in [7, 11) is 0. The zero-order chi connectivity index (χ0) is 11.2. The van der Waals surface area contributed by atoms with E-state index >= 15 is 0 Å². The molecule has 1 heterocycles. The van der Waals surface area contributed by atoms with Gasteiger partial charge in [0.25, 0.3) is 0 Å². The molecule has 1 aromatic rings. The van der Waals surface area contributed by atoms with Gasteiger partial charge >= 0.3 is 0 Å². The van der Waals surface area contributed by atoms with Crippen LogP contribution in [0, 0.1) is 5.92 Å². The van der Waals surface area contributed by atoms with Gasteiger partial charge in [0, 0.05) is 18.0 Å². The first-order chi connectivity index (χ1) is 7.90.